The lowest BCUT2D eigenvalue weighted by atomic mass is 9.92. The highest BCUT2D eigenvalue weighted by Crippen LogP contribution is 2.25. The lowest BCUT2D eigenvalue weighted by molar-refractivity contribution is -0.119. The topological polar surface area (TPSA) is 29.1 Å². The summed E-state index contributed by atoms with van der Waals surface area (Å²) in [7, 11) is 1.79. The fraction of sp³-hybridized carbons (Fsp3) is 0.462. The molecular weight excluding hydrogens is 241 g/mol. The molecule has 0 aliphatic rings. The largest absolute Gasteiger partial charge is 0.319 e. The van der Waals surface area contributed by atoms with Crippen molar-refractivity contribution >= 4 is 17.4 Å². The van der Waals surface area contributed by atoms with Gasteiger partial charge >= 0.3 is 0 Å². The Labute approximate surface area is 106 Å². The molecule has 0 radical (unpaired) electrons. The van der Waals surface area contributed by atoms with Gasteiger partial charge in [0.1, 0.15) is 11.6 Å². The molecule has 1 N–H and O–H groups in total. The summed E-state index contributed by atoms with van der Waals surface area (Å²) < 4.78 is 13.8. The zero-order valence-electron chi connectivity index (χ0n) is 10.1. The fourth-order valence-electron chi connectivity index (χ4n) is 1.79. The Morgan fingerprint density at radius 3 is 2.76 bits per heavy atom. The maximum Gasteiger partial charge on any atom is 0.133 e. The van der Waals surface area contributed by atoms with Crippen molar-refractivity contribution < 1.29 is 9.18 Å². The summed E-state index contributed by atoms with van der Waals surface area (Å²) in [5, 5.41) is 3.36. The molecule has 0 spiro atoms. The molecule has 2 nitrogen and oxygen atoms in total. The van der Waals surface area contributed by atoms with Crippen LogP contribution in [0.1, 0.15) is 31.2 Å². The number of carbonyl (C=O) groups is 1. The van der Waals surface area contributed by atoms with Crippen LogP contribution in [0, 0.1) is 5.82 Å². The normalized spacial score (nSPS) is 12.5. The third-order valence-electron chi connectivity index (χ3n) is 2.72. The number of Topliss-reactive ketones (excluding diaryl/α,β-unsaturated/α-hetero) is 1. The second-order valence-corrected chi connectivity index (χ2v) is 4.45. The number of hydrogen-bond donors (Lipinski definition) is 1. The predicted octanol–water partition coefficient (Wildman–Crippen LogP) is 3.15. The van der Waals surface area contributed by atoms with Crippen LogP contribution in [0.3, 0.4) is 0 Å². The Balaban J connectivity index is 2.92. The van der Waals surface area contributed by atoms with Crippen molar-refractivity contribution in [1.82, 2.24) is 5.32 Å². The van der Waals surface area contributed by atoms with Gasteiger partial charge in [-0.2, -0.15) is 0 Å². The van der Waals surface area contributed by atoms with Gasteiger partial charge in [0.25, 0.3) is 0 Å². The van der Waals surface area contributed by atoms with E-state index < -0.39 is 0 Å². The molecule has 1 atom stereocenters. The van der Waals surface area contributed by atoms with Crippen LogP contribution in [0.25, 0.3) is 0 Å². The lowest BCUT2D eigenvalue weighted by Crippen LogP contribution is -2.20. The summed E-state index contributed by atoms with van der Waals surface area (Å²) in [4.78, 5) is 11.5. The highest BCUT2D eigenvalue weighted by atomic mass is 35.5. The van der Waals surface area contributed by atoms with E-state index in [1.807, 2.05) is 6.92 Å². The minimum Gasteiger partial charge on any atom is -0.319 e. The number of hydrogen-bond acceptors (Lipinski definition) is 2. The number of ketones is 1. The summed E-state index contributed by atoms with van der Waals surface area (Å²) >= 11 is 5.71. The summed E-state index contributed by atoms with van der Waals surface area (Å²) in [6, 6.07) is 4.59. The molecule has 0 amide bonds. The standard InChI is InChI=1S/C13H17ClFNO/c1-3-11(17)6-9(8-16-2)12-5-4-10(14)7-13(12)15/h4-5,7,9,16H,3,6,8H2,1-2H3/t9-/m1/s1. The molecule has 0 unspecified atom stereocenters. The number of nitrogens with one attached hydrogen (secondary N) is 1. The van der Waals surface area contributed by atoms with E-state index in [1.54, 1.807) is 19.2 Å². The van der Waals surface area contributed by atoms with Crippen LogP contribution in [-0.4, -0.2) is 19.4 Å². The molecule has 1 aromatic rings. The van der Waals surface area contributed by atoms with Gasteiger partial charge in [0.05, 0.1) is 0 Å². The highest BCUT2D eigenvalue weighted by molar-refractivity contribution is 6.30. The van der Waals surface area contributed by atoms with Gasteiger partial charge in [0.2, 0.25) is 0 Å². The molecule has 0 bridgehead atoms. The number of carbonyl (C=O) groups excluding carboxylic acids is 1. The zero-order chi connectivity index (χ0) is 12.8. The Bertz CT molecular complexity index is 395. The van der Waals surface area contributed by atoms with E-state index in [9.17, 15) is 9.18 Å². The quantitative estimate of drug-likeness (QED) is 0.848. The van der Waals surface area contributed by atoms with E-state index in [4.69, 9.17) is 11.6 Å². The van der Waals surface area contributed by atoms with E-state index in [0.717, 1.165) is 0 Å². The summed E-state index contributed by atoms with van der Waals surface area (Å²) in [6.07, 6.45) is 0.839. The summed E-state index contributed by atoms with van der Waals surface area (Å²) in [6.45, 7) is 2.39. The molecule has 1 aromatic carbocycles. The van der Waals surface area contributed by atoms with Crippen LogP contribution in [0.15, 0.2) is 18.2 Å². The van der Waals surface area contributed by atoms with Crippen molar-refractivity contribution in [2.75, 3.05) is 13.6 Å². The molecular formula is C13H17ClFNO. The van der Waals surface area contributed by atoms with Gasteiger partial charge in [-0.05, 0) is 24.7 Å². The molecule has 0 fully saturated rings. The van der Waals surface area contributed by atoms with Crippen LogP contribution in [0.5, 0.6) is 0 Å². The monoisotopic (exact) mass is 257 g/mol. The van der Waals surface area contributed by atoms with Crippen molar-refractivity contribution in [1.29, 1.82) is 0 Å². The zero-order valence-corrected chi connectivity index (χ0v) is 10.9. The van der Waals surface area contributed by atoms with Crippen molar-refractivity contribution in [3.8, 4) is 0 Å². The smallest absolute Gasteiger partial charge is 0.133 e. The van der Waals surface area contributed by atoms with E-state index in [2.05, 4.69) is 5.32 Å². The fourth-order valence-corrected chi connectivity index (χ4v) is 1.95. The van der Waals surface area contributed by atoms with Crippen molar-refractivity contribution in [3.05, 3.63) is 34.6 Å². The minimum atomic E-state index is -0.346. The number of likely N-dealkylation sites (N-methyl/N-ethyl adjacent to an activating group) is 1. The first-order chi connectivity index (χ1) is 8.08. The Hall–Kier alpha value is -0.930. The SMILES string of the molecule is CCC(=O)C[C@H](CNC)c1ccc(Cl)cc1F. The van der Waals surface area contributed by atoms with Gasteiger partial charge in [0, 0.05) is 30.3 Å². The third kappa shape index (κ3) is 4.10. The first-order valence-electron chi connectivity index (χ1n) is 5.69. The predicted molar refractivity (Wildman–Crippen MR) is 68.0 cm³/mol. The van der Waals surface area contributed by atoms with Crippen molar-refractivity contribution in [2.45, 2.75) is 25.7 Å². The second-order valence-electron chi connectivity index (χ2n) is 4.02. The van der Waals surface area contributed by atoms with Crippen LogP contribution < -0.4 is 5.32 Å². The number of halogens is 2. The van der Waals surface area contributed by atoms with Crippen LogP contribution >= 0.6 is 11.6 Å². The van der Waals surface area contributed by atoms with Gasteiger partial charge in [-0.15, -0.1) is 0 Å². The van der Waals surface area contributed by atoms with E-state index in [0.29, 0.717) is 30.0 Å². The second kappa shape index (κ2) is 6.72. The van der Waals surface area contributed by atoms with Gasteiger partial charge in [-0.1, -0.05) is 24.6 Å². The molecule has 0 heterocycles. The molecule has 0 aliphatic carbocycles. The van der Waals surface area contributed by atoms with Crippen LogP contribution in [-0.2, 0) is 4.79 Å². The minimum absolute atomic E-state index is 0.135. The average Bonchev–Trinajstić information content (AvgIpc) is 2.28. The molecule has 4 heteroatoms. The van der Waals surface area contributed by atoms with Gasteiger partial charge in [-0.3, -0.25) is 4.79 Å². The average molecular weight is 258 g/mol. The molecule has 17 heavy (non-hydrogen) atoms. The highest BCUT2D eigenvalue weighted by Gasteiger charge is 2.18. The molecule has 0 saturated carbocycles. The molecule has 1 rings (SSSR count). The van der Waals surface area contributed by atoms with Crippen LogP contribution in [0.2, 0.25) is 5.02 Å². The molecule has 94 valence electrons. The lowest BCUT2D eigenvalue weighted by Gasteiger charge is -2.17. The Kier molecular flexibility index (Phi) is 5.59. The third-order valence-corrected chi connectivity index (χ3v) is 2.96. The van der Waals surface area contributed by atoms with Crippen molar-refractivity contribution in [2.24, 2.45) is 0 Å². The van der Waals surface area contributed by atoms with E-state index >= 15 is 0 Å². The van der Waals surface area contributed by atoms with Crippen molar-refractivity contribution in [3.63, 3.8) is 0 Å². The Morgan fingerprint density at radius 2 is 2.24 bits per heavy atom. The maximum absolute atomic E-state index is 13.8. The Morgan fingerprint density at radius 1 is 1.53 bits per heavy atom. The van der Waals surface area contributed by atoms with E-state index in [1.165, 1.54) is 6.07 Å². The maximum atomic E-state index is 13.8. The molecule has 0 aromatic heterocycles. The number of benzene rings is 1. The first-order valence-corrected chi connectivity index (χ1v) is 6.07. The van der Waals surface area contributed by atoms with Gasteiger partial charge in [0.15, 0.2) is 0 Å². The molecule has 0 aliphatic heterocycles. The first kappa shape index (κ1) is 14.1. The molecule has 0 saturated heterocycles. The van der Waals surface area contributed by atoms with Gasteiger partial charge in [-0.25, -0.2) is 4.39 Å². The van der Waals surface area contributed by atoms with Gasteiger partial charge < -0.3 is 5.32 Å². The van der Waals surface area contributed by atoms with E-state index in [-0.39, 0.29) is 17.5 Å². The summed E-state index contributed by atoms with van der Waals surface area (Å²) in [5.74, 6) is -0.342. The number of rotatable bonds is 6. The summed E-state index contributed by atoms with van der Waals surface area (Å²) in [5.41, 5.74) is 0.547. The van der Waals surface area contributed by atoms with Crippen LogP contribution in [0.4, 0.5) is 4.39 Å².